The van der Waals surface area contributed by atoms with Crippen LogP contribution in [0.2, 0.25) is 0 Å². The van der Waals surface area contributed by atoms with E-state index < -0.39 is 0 Å². The standard InChI is InChI=1S/C22H26N8O3/c1-16(31)24-10-13-33-19-4-2-18(3-5-19)26-22(32)17-8-11-29(12-9-17)20-6-7-21(28-27-20)30-15-23-14-25-30/h2-7,14-15,17H,8-13H2,1H3,(H,24,31)(H,26,32). The zero-order valence-corrected chi connectivity index (χ0v) is 18.3. The van der Waals surface area contributed by atoms with Gasteiger partial charge in [-0.3, -0.25) is 9.59 Å². The Kier molecular flexibility index (Phi) is 7.08. The van der Waals surface area contributed by atoms with Crippen LogP contribution >= 0.6 is 0 Å². The average Bonchev–Trinajstić information content (AvgIpc) is 3.38. The molecule has 172 valence electrons. The predicted octanol–water partition coefficient (Wildman–Crippen LogP) is 1.43. The largest absolute Gasteiger partial charge is 0.492 e. The molecule has 2 aromatic heterocycles. The van der Waals surface area contributed by atoms with E-state index in [1.54, 1.807) is 23.1 Å². The zero-order chi connectivity index (χ0) is 23.0. The third kappa shape index (κ3) is 6.03. The monoisotopic (exact) mass is 450 g/mol. The topological polar surface area (TPSA) is 127 Å². The first-order chi connectivity index (χ1) is 16.1. The average molecular weight is 451 g/mol. The molecule has 0 unspecified atom stereocenters. The lowest BCUT2D eigenvalue weighted by molar-refractivity contribution is -0.120. The Hall–Kier alpha value is -4.02. The first-order valence-corrected chi connectivity index (χ1v) is 10.8. The van der Waals surface area contributed by atoms with E-state index in [4.69, 9.17) is 4.74 Å². The highest BCUT2D eigenvalue weighted by Crippen LogP contribution is 2.24. The number of nitrogens with zero attached hydrogens (tertiary/aromatic N) is 6. The summed E-state index contributed by atoms with van der Waals surface area (Å²) < 4.78 is 7.12. The number of rotatable bonds is 8. The molecule has 0 atom stereocenters. The van der Waals surface area contributed by atoms with E-state index in [0.29, 0.717) is 24.7 Å². The van der Waals surface area contributed by atoms with E-state index in [1.807, 2.05) is 24.3 Å². The molecule has 1 aliphatic heterocycles. The predicted molar refractivity (Wildman–Crippen MR) is 121 cm³/mol. The zero-order valence-electron chi connectivity index (χ0n) is 18.3. The summed E-state index contributed by atoms with van der Waals surface area (Å²) >= 11 is 0. The second kappa shape index (κ2) is 10.5. The molecule has 3 heterocycles. The van der Waals surface area contributed by atoms with Crippen molar-refractivity contribution < 1.29 is 14.3 Å². The van der Waals surface area contributed by atoms with Crippen LogP contribution in [0.3, 0.4) is 0 Å². The smallest absolute Gasteiger partial charge is 0.227 e. The van der Waals surface area contributed by atoms with Crippen molar-refractivity contribution in [2.75, 3.05) is 36.5 Å². The van der Waals surface area contributed by atoms with Crippen molar-refractivity contribution in [2.45, 2.75) is 19.8 Å². The maximum absolute atomic E-state index is 12.7. The van der Waals surface area contributed by atoms with Gasteiger partial charge in [-0.1, -0.05) is 0 Å². The molecule has 4 rings (SSSR count). The molecular weight excluding hydrogens is 424 g/mol. The molecule has 0 saturated carbocycles. The van der Waals surface area contributed by atoms with Gasteiger partial charge in [-0.2, -0.15) is 5.10 Å². The number of aromatic nitrogens is 5. The number of carbonyl (C=O) groups excluding carboxylic acids is 2. The van der Waals surface area contributed by atoms with Crippen LogP contribution in [0.15, 0.2) is 49.1 Å². The fourth-order valence-corrected chi connectivity index (χ4v) is 3.58. The van der Waals surface area contributed by atoms with E-state index in [1.165, 1.54) is 13.3 Å². The summed E-state index contributed by atoms with van der Waals surface area (Å²) in [4.78, 5) is 29.6. The number of nitrogens with one attached hydrogen (secondary N) is 2. The van der Waals surface area contributed by atoms with Crippen molar-refractivity contribution in [1.29, 1.82) is 0 Å². The van der Waals surface area contributed by atoms with Gasteiger partial charge in [0.1, 0.15) is 25.0 Å². The van der Waals surface area contributed by atoms with Gasteiger partial charge in [-0.15, -0.1) is 10.2 Å². The second-order valence-electron chi connectivity index (χ2n) is 7.70. The van der Waals surface area contributed by atoms with Gasteiger partial charge in [0.05, 0.1) is 6.54 Å². The van der Waals surface area contributed by atoms with Gasteiger partial charge in [0.2, 0.25) is 11.8 Å². The molecule has 0 aliphatic carbocycles. The first-order valence-electron chi connectivity index (χ1n) is 10.8. The van der Waals surface area contributed by atoms with Crippen LogP contribution in [0.25, 0.3) is 5.82 Å². The molecule has 1 fully saturated rings. The van der Waals surface area contributed by atoms with Gasteiger partial charge in [0, 0.05) is 31.6 Å². The molecule has 3 aromatic rings. The fourth-order valence-electron chi connectivity index (χ4n) is 3.58. The molecule has 0 spiro atoms. The van der Waals surface area contributed by atoms with E-state index in [9.17, 15) is 9.59 Å². The summed E-state index contributed by atoms with van der Waals surface area (Å²) in [7, 11) is 0. The minimum Gasteiger partial charge on any atom is -0.492 e. The van der Waals surface area contributed by atoms with Crippen LogP contribution in [0.5, 0.6) is 5.75 Å². The number of carbonyl (C=O) groups is 2. The van der Waals surface area contributed by atoms with Crippen molar-refractivity contribution >= 4 is 23.3 Å². The number of hydrogen-bond acceptors (Lipinski definition) is 8. The molecule has 11 heteroatoms. The van der Waals surface area contributed by atoms with Crippen molar-refractivity contribution in [3.05, 3.63) is 49.1 Å². The van der Waals surface area contributed by atoms with Gasteiger partial charge in [-0.05, 0) is 49.2 Å². The van der Waals surface area contributed by atoms with Crippen LogP contribution in [-0.4, -0.2) is 63.0 Å². The number of anilines is 2. The molecule has 0 bridgehead atoms. The molecule has 2 amide bonds. The first kappa shape index (κ1) is 22.2. The number of amides is 2. The van der Waals surface area contributed by atoms with Gasteiger partial charge in [0.25, 0.3) is 0 Å². The maximum Gasteiger partial charge on any atom is 0.227 e. The van der Waals surface area contributed by atoms with E-state index in [-0.39, 0.29) is 17.7 Å². The molecule has 0 radical (unpaired) electrons. The summed E-state index contributed by atoms with van der Waals surface area (Å²) in [6, 6.07) is 11.0. The summed E-state index contributed by atoms with van der Waals surface area (Å²) in [5, 5.41) is 18.2. The normalized spacial score (nSPS) is 14.0. The lowest BCUT2D eigenvalue weighted by Crippen LogP contribution is -2.38. The highest BCUT2D eigenvalue weighted by molar-refractivity contribution is 5.92. The Morgan fingerprint density at radius 1 is 1.06 bits per heavy atom. The van der Waals surface area contributed by atoms with Gasteiger partial charge < -0.3 is 20.3 Å². The molecule has 11 nitrogen and oxygen atoms in total. The Bertz CT molecular complexity index is 1050. The molecule has 2 N–H and O–H groups in total. The number of hydrogen-bond donors (Lipinski definition) is 2. The van der Waals surface area contributed by atoms with Gasteiger partial charge in [0.15, 0.2) is 11.6 Å². The van der Waals surface area contributed by atoms with Crippen LogP contribution in [0.4, 0.5) is 11.5 Å². The molecular formula is C22H26N8O3. The van der Waals surface area contributed by atoms with Crippen molar-refractivity contribution in [3.8, 4) is 11.6 Å². The van der Waals surface area contributed by atoms with Crippen LogP contribution < -0.4 is 20.3 Å². The molecule has 33 heavy (non-hydrogen) atoms. The second-order valence-corrected chi connectivity index (χ2v) is 7.70. The highest BCUT2D eigenvalue weighted by atomic mass is 16.5. The fraction of sp³-hybridized carbons (Fsp3) is 0.364. The number of benzene rings is 1. The molecule has 1 aromatic carbocycles. The van der Waals surface area contributed by atoms with Gasteiger partial charge in [-0.25, -0.2) is 9.67 Å². The Morgan fingerprint density at radius 2 is 1.79 bits per heavy atom. The summed E-state index contributed by atoms with van der Waals surface area (Å²) in [6.07, 6.45) is 4.50. The quantitative estimate of drug-likeness (QED) is 0.494. The third-order valence-electron chi connectivity index (χ3n) is 5.35. The summed E-state index contributed by atoms with van der Waals surface area (Å²) in [5.41, 5.74) is 0.728. The SMILES string of the molecule is CC(=O)NCCOc1ccc(NC(=O)C2CCN(c3ccc(-n4cncn4)nn3)CC2)cc1. The van der Waals surface area contributed by atoms with E-state index >= 15 is 0 Å². The van der Waals surface area contributed by atoms with E-state index in [0.717, 1.165) is 37.4 Å². The number of piperidine rings is 1. The van der Waals surface area contributed by atoms with Crippen molar-refractivity contribution in [2.24, 2.45) is 5.92 Å². The molecule has 1 saturated heterocycles. The van der Waals surface area contributed by atoms with Crippen molar-refractivity contribution in [1.82, 2.24) is 30.3 Å². The Morgan fingerprint density at radius 3 is 2.42 bits per heavy atom. The Labute approximate surface area is 191 Å². The molecule has 1 aliphatic rings. The van der Waals surface area contributed by atoms with Crippen LogP contribution in [0, 0.1) is 5.92 Å². The van der Waals surface area contributed by atoms with Crippen molar-refractivity contribution in [3.63, 3.8) is 0 Å². The minimum atomic E-state index is -0.0866. The highest BCUT2D eigenvalue weighted by Gasteiger charge is 2.26. The van der Waals surface area contributed by atoms with E-state index in [2.05, 4.69) is 35.8 Å². The summed E-state index contributed by atoms with van der Waals surface area (Å²) in [6.45, 7) is 3.77. The summed E-state index contributed by atoms with van der Waals surface area (Å²) in [5.74, 6) is 1.94. The third-order valence-corrected chi connectivity index (χ3v) is 5.35. The lowest BCUT2D eigenvalue weighted by Gasteiger charge is -2.31. The van der Waals surface area contributed by atoms with Gasteiger partial charge >= 0.3 is 0 Å². The van der Waals surface area contributed by atoms with Crippen LogP contribution in [-0.2, 0) is 9.59 Å². The van der Waals surface area contributed by atoms with Crippen LogP contribution in [0.1, 0.15) is 19.8 Å². The number of ether oxygens (including phenoxy) is 1. The Balaban J connectivity index is 1.22. The maximum atomic E-state index is 12.7. The lowest BCUT2D eigenvalue weighted by atomic mass is 9.96. The minimum absolute atomic E-state index is 0.0154.